The number of carbonyl (C=O) groups excluding carboxylic acids is 1. The number of amides is 1. The fourth-order valence-electron chi connectivity index (χ4n) is 2.48. The zero-order valence-corrected chi connectivity index (χ0v) is 12.0. The zero-order valence-electron chi connectivity index (χ0n) is 11.2. The van der Waals surface area contributed by atoms with Gasteiger partial charge in [0.1, 0.15) is 5.82 Å². The molecule has 0 spiro atoms. The second-order valence-corrected chi connectivity index (χ2v) is 5.49. The topological polar surface area (TPSA) is 43.1 Å². The van der Waals surface area contributed by atoms with Crippen LogP contribution >= 0.6 is 12.2 Å². The third-order valence-electron chi connectivity index (χ3n) is 3.55. The van der Waals surface area contributed by atoms with Crippen molar-refractivity contribution in [2.75, 3.05) is 14.1 Å². The lowest BCUT2D eigenvalue weighted by Gasteiger charge is -2.20. The molecule has 1 aromatic rings. The minimum atomic E-state index is -0.183. The van der Waals surface area contributed by atoms with Gasteiger partial charge in [-0.05, 0) is 25.1 Å². The quantitative estimate of drug-likeness (QED) is 0.735. The van der Waals surface area contributed by atoms with Crippen molar-refractivity contribution in [2.45, 2.75) is 38.0 Å². The van der Waals surface area contributed by atoms with E-state index in [0.717, 1.165) is 18.7 Å². The molecule has 0 N–H and O–H groups in total. The molecule has 1 aliphatic carbocycles. The summed E-state index contributed by atoms with van der Waals surface area (Å²) in [5.74, 6) is 1.40. The second kappa shape index (κ2) is 5.22. The molecule has 2 rings (SSSR count). The minimum Gasteiger partial charge on any atom is -0.329 e. The van der Waals surface area contributed by atoms with Crippen molar-refractivity contribution in [2.24, 2.45) is 7.05 Å². The van der Waals surface area contributed by atoms with Gasteiger partial charge in [-0.25, -0.2) is 4.79 Å². The Labute approximate surface area is 112 Å². The number of hydrogen-bond donors (Lipinski definition) is 0. The van der Waals surface area contributed by atoms with E-state index in [9.17, 15) is 4.79 Å². The van der Waals surface area contributed by atoms with Gasteiger partial charge in [-0.2, -0.15) is 4.68 Å². The Bertz CT molecular complexity index is 497. The molecule has 1 heterocycles. The maximum absolute atomic E-state index is 12.0. The van der Waals surface area contributed by atoms with E-state index in [0.29, 0.717) is 10.7 Å². The lowest BCUT2D eigenvalue weighted by Crippen LogP contribution is -2.28. The molecule has 0 saturated heterocycles. The summed E-state index contributed by atoms with van der Waals surface area (Å²) < 4.78 is 3.70. The van der Waals surface area contributed by atoms with Crippen molar-refractivity contribution >= 4 is 18.2 Å². The second-order valence-electron chi connectivity index (χ2n) is 5.12. The number of carbonyl (C=O) groups is 1. The van der Waals surface area contributed by atoms with Gasteiger partial charge in [0, 0.05) is 27.1 Å². The van der Waals surface area contributed by atoms with Crippen LogP contribution in [0.3, 0.4) is 0 Å². The highest BCUT2D eigenvalue weighted by Crippen LogP contribution is 2.31. The fraction of sp³-hybridized carbons (Fsp3) is 0.750. The van der Waals surface area contributed by atoms with E-state index >= 15 is 0 Å². The molecule has 1 aliphatic rings. The number of aromatic nitrogens is 3. The molecular formula is C12H20N4OS. The molecule has 0 bridgehead atoms. The molecule has 0 unspecified atom stereocenters. The van der Waals surface area contributed by atoms with Gasteiger partial charge in [0.25, 0.3) is 0 Å². The molecule has 6 heteroatoms. The van der Waals surface area contributed by atoms with Crippen molar-refractivity contribution < 1.29 is 4.79 Å². The summed E-state index contributed by atoms with van der Waals surface area (Å²) in [5.41, 5.74) is 0. The van der Waals surface area contributed by atoms with Crippen molar-refractivity contribution in [1.82, 2.24) is 19.2 Å². The molecule has 1 saturated carbocycles. The summed E-state index contributed by atoms with van der Waals surface area (Å²) >= 11 is 5.29. The number of hydrogen-bond acceptors (Lipinski definition) is 3. The standard InChI is InChI=1S/C12H20N4OS/c1-14(2)11(17)16-12(18)15(3)10(13-16)9-7-5-4-6-8-9/h9H,4-8H2,1-3H3. The SMILES string of the molecule is CN(C)C(=O)n1nc(C2CCCCC2)n(C)c1=S. The zero-order chi connectivity index (χ0) is 13.3. The predicted molar refractivity (Wildman–Crippen MR) is 72.3 cm³/mol. The predicted octanol–water partition coefficient (Wildman–Crippen LogP) is 2.53. The summed E-state index contributed by atoms with van der Waals surface area (Å²) in [6.07, 6.45) is 6.08. The van der Waals surface area contributed by atoms with Crippen LogP contribution in [0.15, 0.2) is 0 Å². The van der Waals surface area contributed by atoms with E-state index in [4.69, 9.17) is 12.2 Å². The third kappa shape index (κ3) is 2.34. The van der Waals surface area contributed by atoms with E-state index in [-0.39, 0.29) is 6.03 Å². The first-order valence-corrected chi connectivity index (χ1v) is 6.80. The largest absolute Gasteiger partial charge is 0.346 e. The number of nitrogens with zero attached hydrogens (tertiary/aromatic N) is 4. The van der Waals surface area contributed by atoms with Crippen LogP contribution in [0.5, 0.6) is 0 Å². The summed E-state index contributed by atoms with van der Waals surface area (Å²) in [5, 5.41) is 4.44. The Morgan fingerprint density at radius 1 is 1.33 bits per heavy atom. The highest BCUT2D eigenvalue weighted by molar-refractivity contribution is 7.71. The normalized spacial score (nSPS) is 16.8. The molecule has 0 radical (unpaired) electrons. The molecule has 1 aromatic heterocycles. The lowest BCUT2D eigenvalue weighted by atomic mass is 9.89. The average Bonchev–Trinajstić information content (AvgIpc) is 2.67. The monoisotopic (exact) mass is 268 g/mol. The summed E-state index contributed by atoms with van der Waals surface area (Å²) in [6, 6.07) is -0.183. The molecule has 1 fully saturated rings. The van der Waals surface area contributed by atoms with Crippen molar-refractivity contribution in [3.05, 3.63) is 10.6 Å². The van der Waals surface area contributed by atoms with E-state index in [1.165, 1.54) is 28.8 Å². The van der Waals surface area contributed by atoms with E-state index < -0.39 is 0 Å². The minimum absolute atomic E-state index is 0.183. The van der Waals surface area contributed by atoms with Crippen molar-refractivity contribution in [1.29, 1.82) is 0 Å². The third-order valence-corrected chi connectivity index (χ3v) is 4.00. The Hall–Kier alpha value is -1.17. The van der Waals surface area contributed by atoms with E-state index in [1.807, 2.05) is 11.6 Å². The Morgan fingerprint density at radius 2 is 1.94 bits per heavy atom. The molecule has 1 amide bonds. The van der Waals surface area contributed by atoms with Gasteiger partial charge in [-0.1, -0.05) is 19.3 Å². The maximum Gasteiger partial charge on any atom is 0.346 e. The van der Waals surface area contributed by atoms with Crippen LogP contribution in [0.1, 0.15) is 43.8 Å². The average molecular weight is 268 g/mol. The van der Waals surface area contributed by atoms with Crippen molar-refractivity contribution in [3.8, 4) is 0 Å². The molecule has 0 aliphatic heterocycles. The first-order chi connectivity index (χ1) is 8.52. The molecule has 100 valence electrons. The summed E-state index contributed by atoms with van der Waals surface area (Å²) in [7, 11) is 5.32. The van der Waals surface area contributed by atoms with Gasteiger partial charge < -0.3 is 9.47 Å². The van der Waals surface area contributed by atoms with E-state index in [1.54, 1.807) is 14.1 Å². The first kappa shape index (κ1) is 13.3. The molecule has 18 heavy (non-hydrogen) atoms. The van der Waals surface area contributed by atoms with Gasteiger partial charge in [0.15, 0.2) is 0 Å². The Kier molecular flexibility index (Phi) is 3.85. The maximum atomic E-state index is 12.0. The summed E-state index contributed by atoms with van der Waals surface area (Å²) in [4.78, 5) is 13.5. The van der Waals surface area contributed by atoms with Gasteiger partial charge in [-0.15, -0.1) is 5.10 Å². The van der Waals surface area contributed by atoms with Crippen molar-refractivity contribution in [3.63, 3.8) is 0 Å². The smallest absolute Gasteiger partial charge is 0.329 e. The molecule has 0 aromatic carbocycles. The van der Waals surface area contributed by atoms with Gasteiger partial charge in [-0.3, -0.25) is 0 Å². The van der Waals surface area contributed by atoms with Crippen LogP contribution < -0.4 is 0 Å². The lowest BCUT2D eigenvalue weighted by molar-refractivity contribution is 0.215. The van der Waals surface area contributed by atoms with Crippen LogP contribution in [0, 0.1) is 4.77 Å². The van der Waals surface area contributed by atoms with Crippen LogP contribution in [0.2, 0.25) is 0 Å². The Morgan fingerprint density at radius 3 is 2.50 bits per heavy atom. The van der Waals surface area contributed by atoms with Gasteiger partial charge in [0.05, 0.1) is 0 Å². The van der Waals surface area contributed by atoms with Gasteiger partial charge >= 0.3 is 6.03 Å². The van der Waals surface area contributed by atoms with Crippen LogP contribution in [0.25, 0.3) is 0 Å². The van der Waals surface area contributed by atoms with Crippen LogP contribution in [-0.4, -0.2) is 39.4 Å². The fourth-order valence-corrected chi connectivity index (χ4v) is 2.70. The Balaban J connectivity index is 2.35. The van der Waals surface area contributed by atoms with Crippen LogP contribution in [0.4, 0.5) is 4.79 Å². The molecule has 0 atom stereocenters. The highest BCUT2D eigenvalue weighted by Gasteiger charge is 2.23. The molecular weight excluding hydrogens is 248 g/mol. The summed E-state index contributed by atoms with van der Waals surface area (Å²) in [6.45, 7) is 0. The highest BCUT2D eigenvalue weighted by atomic mass is 32.1. The molecule has 5 nitrogen and oxygen atoms in total. The van der Waals surface area contributed by atoms with E-state index in [2.05, 4.69) is 5.10 Å². The number of rotatable bonds is 1. The van der Waals surface area contributed by atoms with Gasteiger partial charge in [0.2, 0.25) is 4.77 Å². The first-order valence-electron chi connectivity index (χ1n) is 6.40. The van der Waals surface area contributed by atoms with Crippen LogP contribution in [-0.2, 0) is 7.05 Å².